The molecular weight excluding hydrogens is 112 g/mol. The third-order valence-electron chi connectivity index (χ3n) is 1.85. The fourth-order valence-corrected chi connectivity index (χ4v) is 1.61. The van der Waals surface area contributed by atoms with E-state index in [9.17, 15) is 0 Å². The molecule has 1 aliphatic rings. The molecule has 52 valence electrons. The summed E-state index contributed by atoms with van der Waals surface area (Å²) in [6, 6.07) is 0. The summed E-state index contributed by atoms with van der Waals surface area (Å²) in [6.45, 7) is 7.00. The van der Waals surface area contributed by atoms with Crippen molar-refractivity contribution in [2.45, 2.75) is 19.8 Å². The van der Waals surface area contributed by atoms with Crippen molar-refractivity contribution in [2.24, 2.45) is 5.41 Å². The molecular formula is C8H14O. The van der Waals surface area contributed by atoms with E-state index in [2.05, 4.69) is 13.5 Å². The Balaban J connectivity index is 2.31. The van der Waals surface area contributed by atoms with Crippen LogP contribution in [0.3, 0.4) is 0 Å². The van der Waals surface area contributed by atoms with Gasteiger partial charge in [-0.15, -0.1) is 0 Å². The fourth-order valence-electron chi connectivity index (χ4n) is 1.61. The van der Waals surface area contributed by atoms with Crippen molar-refractivity contribution >= 4 is 0 Å². The van der Waals surface area contributed by atoms with Crippen molar-refractivity contribution in [3.8, 4) is 0 Å². The van der Waals surface area contributed by atoms with E-state index in [1.165, 1.54) is 5.57 Å². The predicted octanol–water partition coefficient (Wildman–Crippen LogP) is 1.99. The molecule has 1 rings (SSSR count). The number of allylic oxidation sites excluding steroid dienone is 1. The van der Waals surface area contributed by atoms with Crippen molar-refractivity contribution < 1.29 is 4.74 Å². The lowest BCUT2D eigenvalue weighted by Crippen LogP contribution is -2.32. The molecule has 0 aromatic carbocycles. The second kappa shape index (κ2) is 2.14. The predicted molar refractivity (Wildman–Crippen MR) is 38.4 cm³/mol. The van der Waals surface area contributed by atoms with Crippen LogP contribution in [-0.2, 0) is 4.74 Å². The highest BCUT2D eigenvalue weighted by Gasteiger charge is 2.34. The summed E-state index contributed by atoms with van der Waals surface area (Å²) in [7, 11) is 1.76. The molecule has 0 aromatic rings. The van der Waals surface area contributed by atoms with Crippen LogP contribution in [-0.4, -0.2) is 13.7 Å². The smallest absolute Gasteiger partial charge is 0.0522 e. The normalized spacial score (nSPS) is 23.6. The molecule has 0 radical (unpaired) electrons. The summed E-state index contributed by atoms with van der Waals surface area (Å²) in [5.41, 5.74) is 1.79. The van der Waals surface area contributed by atoms with Crippen molar-refractivity contribution in [1.29, 1.82) is 0 Å². The van der Waals surface area contributed by atoms with Gasteiger partial charge < -0.3 is 4.74 Å². The van der Waals surface area contributed by atoms with Gasteiger partial charge in [0.1, 0.15) is 0 Å². The van der Waals surface area contributed by atoms with Gasteiger partial charge in [0.05, 0.1) is 6.61 Å². The second-order valence-corrected chi connectivity index (χ2v) is 3.35. The Kier molecular flexibility index (Phi) is 1.62. The zero-order valence-electron chi connectivity index (χ0n) is 6.24. The number of methoxy groups -OCH3 is 1. The van der Waals surface area contributed by atoms with Crippen molar-refractivity contribution in [1.82, 2.24) is 0 Å². The molecule has 0 N–H and O–H groups in total. The number of ether oxygens (including phenoxy) is 1. The lowest BCUT2D eigenvalue weighted by Gasteiger charge is -2.39. The molecule has 1 nitrogen and oxygen atoms in total. The molecule has 1 aliphatic carbocycles. The summed E-state index contributed by atoms with van der Waals surface area (Å²) in [4.78, 5) is 0. The van der Waals surface area contributed by atoms with Gasteiger partial charge in [-0.3, -0.25) is 0 Å². The fraction of sp³-hybridized carbons (Fsp3) is 0.750. The van der Waals surface area contributed by atoms with Crippen LogP contribution < -0.4 is 0 Å². The molecule has 1 heteroatoms. The third kappa shape index (κ3) is 1.33. The van der Waals surface area contributed by atoms with Gasteiger partial charge in [-0.25, -0.2) is 0 Å². The first-order valence-corrected chi connectivity index (χ1v) is 3.32. The highest BCUT2D eigenvalue weighted by molar-refractivity contribution is 5.13. The van der Waals surface area contributed by atoms with Crippen molar-refractivity contribution in [2.75, 3.05) is 13.7 Å². The summed E-state index contributed by atoms with van der Waals surface area (Å²) in [6.07, 6.45) is 2.31. The Labute approximate surface area is 56.7 Å². The zero-order valence-corrected chi connectivity index (χ0v) is 6.24. The molecule has 0 saturated heterocycles. The van der Waals surface area contributed by atoms with Crippen molar-refractivity contribution in [3.05, 3.63) is 12.2 Å². The first-order chi connectivity index (χ1) is 4.16. The molecule has 0 amide bonds. The van der Waals surface area contributed by atoms with Crippen LogP contribution in [0.5, 0.6) is 0 Å². The molecule has 0 bridgehead atoms. The van der Waals surface area contributed by atoms with E-state index in [4.69, 9.17) is 4.74 Å². The minimum absolute atomic E-state index is 0.422. The second-order valence-electron chi connectivity index (χ2n) is 3.35. The average Bonchev–Trinajstić information content (AvgIpc) is 1.62. The van der Waals surface area contributed by atoms with Crippen LogP contribution in [0.15, 0.2) is 12.2 Å². The van der Waals surface area contributed by atoms with Crippen LogP contribution in [0.1, 0.15) is 19.8 Å². The van der Waals surface area contributed by atoms with Gasteiger partial charge in [0, 0.05) is 7.11 Å². The van der Waals surface area contributed by atoms with E-state index in [1.54, 1.807) is 7.11 Å². The SMILES string of the molecule is C=C1CC(C)(COC)C1. The zero-order chi connectivity index (χ0) is 6.91. The summed E-state index contributed by atoms with van der Waals surface area (Å²) in [5.74, 6) is 0. The maximum Gasteiger partial charge on any atom is 0.0522 e. The first kappa shape index (κ1) is 6.81. The largest absolute Gasteiger partial charge is 0.384 e. The maximum absolute atomic E-state index is 5.06. The Morgan fingerprint density at radius 1 is 1.67 bits per heavy atom. The van der Waals surface area contributed by atoms with Crippen LogP contribution in [0.2, 0.25) is 0 Å². The van der Waals surface area contributed by atoms with Gasteiger partial charge in [0.15, 0.2) is 0 Å². The molecule has 0 unspecified atom stereocenters. The Hall–Kier alpha value is -0.300. The first-order valence-electron chi connectivity index (χ1n) is 3.32. The summed E-state index contributed by atoms with van der Waals surface area (Å²) in [5, 5.41) is 0. The lowest BCUT2D eigenvalue weighted by atomic mass is 9.68. The van der Waals surface area contributed by atoms with E-state index in [-0.39, 0.29) is 0 Å². The number of hydrogen-bond donors (Lipinski definition) is 0. The number of rotatable bonds is 2. The van der Waals surface area contributed by atoms with E-state index < -0.39 is 0 Å². The molecule has 1 fully saturated rings. The lowest BCUT2D eigenvalue weighted by molar-refractivity contribution is 0.0645. The Bertz CT molecular complexity index is 119. The van der Waals surface area contributed by atoms with Gasteiger partial charge in [0.2, 0.25) is 0 Å². The van der Waals surface area contributed by atoms with Gasteiger partial charge >= 0.3 is 0 Å². The summed E-state index contributed by atoms with van der Waals surface area (Å²) < 4.78 is 5.06. The monoisotopic (exact) mass is 126 g/mol. The third-order valence-corrected chi connectivity index (χ3v) is 1.85. The van der Waals surface area contributed by atoms with Crippen LogP contribution in [0.4, 0.5) is 0 Å². The quantitative estimate of drug-likeness (QED) is 0.514. The topological polar surface area (TPSA) is 9.23 Å². The molecule has 0 atom stereocenters. The highest BCUT2D eigenvalue weighted by atomic mass is 16.5. The molecule has 9 heavy (non-hydrogen) atoms. The maximum atomic E-state index is 5.06. The standard InChI is InChI=1S/C8H14O/c1-7-4-8(2,5-7)6-9-3/h1,4-6H2,2-3H3. The van der Waals surface area contributed by atoms with Crippen LogP contribution in [0.25, 0.3) is 0 Å². The molecule has 0 spiro atoms. The Morgan fingerprint density at radius 3 is 2.56 bits per heavy atom. The van der Waals surface area contributed by atoms with Crippen LogP contribution in [0, 0.1) is 5.41 Å². The molecule has 1 saturated carbocycles. The van der Waals surface area contributed by atoms with E-state index >= 15 is 0 Å². The van der Waals surface area contributed by atoms with E-state index in [0.717, 1.165) is 19.4 Å². The Morgan fingerprint density at radius 2 is 2.22 bits per heavy atom. The van der Waals surface area contributed by atoms with Gasteiger partial charge in [-0.1, -0.05) is 19.1 Å². The van der Waals surface area contributed by atoms with Gasteiger partial charge in [-0.05, 0) is 18.3 Å². The molecule has 0 aliphatic heterocycles. The minimum Gasteiger partial charge on any atom is -0.384 e. The molecule has 0 aromatic heterocycles. The van der Waals surface area contributed by atoms with E-state index in [0.29, 0.717) is 5.41 Å². The summed E-state index contributed by atoms with van der Waals surface area (Å²) >= 11 is 0. The number of hydrogen-bond acceptors (Lipinski definition) is 1. The molecule has 0 heterocycles. The van der Waals surface area contributed by atoms with Gasteiger partial charge in [0.25, 0.3) is 0 Å². The van der Waals surface area contributed by atoms with Crippen molar-refractivity contribution in [3.63, 3.8) is 0 Å². The highest BCUT2D eigenvalue weighted by Crippen LogP contribution is 2.43. The average molecular weight is 126 g/mol. The van der Waals surface area contributed by atoms with E-state index in [1.807, 2.05) is 0 Å². The van der Waals surface area contributed by atoms with Gasteiger partial charge in [-0.2, -0.15) is 0 Å². The van der Waals surface area contributed by atoms with Crippen LogP contribution >= 0.6 is 0 Å². The minimum atomic E-state index is 0.422.